The molecule has 2 nitrogen and oxygen atoms in total. The van der Waals surface area contributed by atoms with Crippen LogP contribution in [0.15, 0.2) is 6.07 Å². The molecular weight excluding hydrogens is 186 g/mol. The van der Waals surface area contributed by atoms with Gasteiger partial charge in [-0.3, -0.25) is 4.68 Å². The van der Waals surface area contributed by atoms with Crippen molar-refractivity contribution in [3.05, 3.63) is 17.5 Å². The fourth-order valence-electron chi connectivity index (χ4n) is 1.38. The molecule has 14 heavy (non-hydrogen) atoms. The molecule has 0 spiro atoms. The summed E-state index contributed by atoms with van der Waals surface area (Å²) in [5.41, 5.74) is 0.490. The zero-order chi connectivity index (χ0) is 11.1. The molecule has 0 atom stereocenters. The van der Waals surface area contributed by atoms with E-state index < -0.39 is 5.92 Å². The Morgan fingerprint density at radius 3 is 1.93 bits per heavy atom. The van der Waals surface area contributed by atoms with Gasteiger partial charge in [-0.05, 0) is 6.07 Å². The van der Waals surface area contributed by atoms with E-state index in [9.17, 15) is 8.78 Å². The first kappa shape index (κ1) is 11.1. The van der Waals surface area contributed by atoms with Crippen molar-refractivity contribution in [1.82, 2.24) is 9.78 Å². The first-order chi connectivity index (χ1) is 6.12. The highest BCUT2D eigenvalue weighted by molar-refractivity contribution is 5.20. The molecule has 0 radical (unpaired) electrons. The monoisotopic (exact) mass is 202 g/mol. The Morgan fingerprint density at radius 1 is 1.21 bits per heavy atom. The Morgan fingerprint density at radius 2 is 1.71 bits per heavy atom. The summed E-state index contributed by atoms with van der Waals surface area (Å²) < 4.78 is 27.4. The van der Waals surface area contributed by atoms with Crippen molar-refractivity contribution < 1.29 is 8.78 Å². The summed E-state index contributed by atoms with van der Waals surface area (Å²) in [5.74, 6) is -2.86. The van der Waals surface area contributed by atoms with E-state index in [4.69, 9.17) is 0 Å². The van der Waals surface area contributed by atoms with Gasteiger partial charge in [-0.2, -0.15) is 13.9 Å². The van der Waals surface area contributed by atoms with Gasteiger partial charge in [0.15, 0.2) is 0 Å². The number of hydrogen-bond acceptors (Lipinski definition) is 1. The van der Waals surface area contributed by atoms with Crippen molar-refractivity contribution in [2.45, 2.75) is 39.0 Å². The molecule has 0 saturated carbocycles. The van der Waals surface area contributed by atoms with Crippen LogP contribution >= 0.6 is 0 Å². The van der Waals surface area contributed by atoms with E-state index in [1.165, 1.54) is 10.7 Å². The number of rotatable bonds is 1. The topological polar surface area (TPSA) is 17.8 Å². The molecule has 1 rings (SSSR count). The summed E-state index contributed by atoms with van der Waals surface area (Å²) in [6.45, 7) is 6.78. The molecule has 1 aromatic rings. The molecule has 0 aliphatic carbocycles. The van der Waals surface area contributed by atoms with Crippen molar-refractivity contribution in [3.8, 4) is 0 Å². The summed E-state index contributed by atoms with van der Waals surface area (Å²) in [6.07, 6.45) is 0. The Labute approximate surface area is 82.9 Å². The van der Waals surface area contributed by atoms with Gasteiger partial charge >= 0.3 is 0 Å². The molecule has 4 heteroatoms. The van der Waals surface area contributed by atoms with Crippen LogP contribution in [-0.4, -0.2) is 9.78 Å². The van der Waals surface area contributed by atoms with Crippen LogP contribution in [0.4, 0.5) is 8.78 Å². The van der Waals surface area contributed by atoms with Crippen LogP contribution in [0.2, 0.25) is 0 Å². The van der Waals surface area contributed by atoms with Crippen molar-refractivity contribution >= 4 is 0 Å². The molecule has 0 fully saturated rings. The van der Waals surface area contributed by atoms with Gasteiger partial charge in [-0.15, -0.1) is 0 Å². The minimum atomic E-state index is -2.86. The van der Waals surface area contributed by atoms with E-state index in [2.05, 4.69) is 5.10 Å². The fourth-order valence-corrected chi connectivity index (χ4v) is 1.38. The normalized spacial score (nSPS) is 13.4. The molecule has 0 unspecified atom stereocenters. The fraction of sp³-hybridized carbons (Fsp3) is 0.700. The molecule has 0 saturated heterocycles. The molecule has 0 N–H and O–H groups in total. The van der Waals surface area contributed by atoms with Crippen LogP contribution < -0.4 is 0 Å². The maximum atomic E-state index is 13.0. The van der Waals surface area contributed by atoms with Crippen LogP contribution in [-0.2, 0) is 18.4 Å². The molecular formula is C10H16F2N2. The smallest absolute Gasteiger partial charge is 0.272 e. The van der Waals surface area contributed by atoms with E-state index in [-0.39, 0.29) is 11.1 Å². The standard InChI is InChI=1S/C10H16F2N2/c1-9(2,3)8-6-7(10(4,11)12)13-14(8)5/h6H,1-5H3. The summed E-state index contributed by atoms with van der Waals surface area (Å²) in [7, 11) is 1.69. The van der Waals surface area contributed by atoms with Crippen molar-refractivity contribution in [3.63, 3.8) is 0 Å². The molecule has 1 aromatic heterocycles. The Kier molecular flexibility index (Phi) is 2.42. The maximum absolute atomic E-state index is 13.0. The van der Waals surface area contributed by atoms with Crippen molar-refractivity contribution in [1.29, 1.82) is 0 Å². The third kappa shape index (κ3) is 2.11. The van der Waals surface area contributed by atoms with E-state index in [0.29, 0.717) is 0 Å². The second-order valence-corrected chi connectivity index (χ2v) is 4.68. The lowest BCUT2D eigenvalue weighted by Crippen LogP contribution is -2.16. The van der Waals surface area contributed by atoms with Crippen LogP contribution in [0.5, 0.6) is 0 Å². The lowest BCUT2D eigenvalue weighted by Gasteiger charge is -2.17. The summed E-state index contributed by atoms with van der Waals surface area (Å²) in [4.78, 5) is 0. The Bertz CT molecular complexity index is 329. The highest BCUT2D eigenvalue weighted by atomic mass is 19.3. The summed E-state index contributed by atoms with van der Waals surface area (Å²) in [5, 5.41) is 3.82. The lowest BCUT2D eigenvalue weighted by atomic mass is 9.92. The quantitative estimate of drug-likeness (QED) is 0.684. The zero-order valence-corrected chi connectivity index (χ0v) is 9.23. The predicted octanol–water partition coefficient (Wildman–Crippen LogP) is 2.83. The number of aryl methyl sites for hydroxylation is 1. The van der Waals surface area contributed by atoms with Crippen molar-refractivity contribution in [2.75, 3.05) is 0 Å². The average Bonchev–Trinajstić information content (AvgIpc) is 2.27. The second kappa shape index (κ2) is 3.04. The van der Waals surface area contributed by atoms with Gasteiger partial charge in [0.1, 0.15) is 5.69 Å². The van der Waals surface area contributed by atoms with E-state index >= 15 is 0 Å². The van der Waals surface area contributed by atoms with Gasteiger partial charge in [0.05, 0.1) is 0 Å². The van der Waals surface area contributed by atoms with Gasteiger partial charge in [-0.25, -0.2) is 0 Å². The third-order valence-corrected chi connectivity index (χ3v) is 2.10. The minimum absolute atomic E-state index is 0.161. The first-order valence-electron chi connectivity index (χ1n) is 4.55. The molecule has 0 aliphatic heterocycles. The molecule has 80 valence electrons. The second-order valence-electron chi connectivity index (χ2n) is 4.68. The molecule has 1 heterocycles. The number of hydrogen-bond donors (Lipinski definition) is 0. The van der Waals surface area contributed by atoms with Gasteiger partial charge in [0, 0.05) is 25.1 Å². The van der Waals surface area contributed by atoms with Crippen molar-refractivity contribution in [2.24, 2.45) is 7.05 Å². The molecule has 0 amide bonds. The number of nitrogens with zero attached hydrogens (tertiary/aromatic N) is 2. The summed E-state index contributed by atoms with van der Waals surface area (Å²) in [6, 6.07) is 1.47. The third-order valence-electron chi connectivity index (χ3n) is 2.10. The number of alkyl halides is 2. The minimum Gasteiger partial charge on any atom is -0.272 e. The highest BCUT2D eigenvalue weighted by Crippen LogP contribution is 2.30. The van der Waals surface area contributed by atoms with Crippen LogP contribution in [0, 0.1) is 0 Å². The Hall–Kier alpha value is -0.930. The molecule has 0 bridgehead atoms. The molecule has 0 aliphatic rings. The number of halogens is 2. The van der Waals surface area contributed by atoms with Crippen LogP contribution in [0.1, 0.15) is 39.1 Å². The highest BCUT2D eigenvalue weighted by Gasteiger charge is 2.30. The number of aromatic nitrogens is 2. The lowest BCUT2D eigenvalue weighted by molar-refractivity contribution is 0.0122. The predicted molar refractivity (Wildman–Crippen MR) is 51.5 cm³/mol. The maximum Gasteiger partial charge on any atom is 0.288 e. The first-order valence-corrected chi connectivity index (χ1v) is 4.55. The van der Waals surface area contributed by atoms with Gasteiger partial charge in [-0.1, -0.05) is 20.8 Å². The van der Waals surface area contributed by atoms with Gasteiger partial charge < -0.3 is 0 Å². The van der Waals surface area contributed by atoms with Crippen LogP contribution in [0.3, 0.4) is 0 Å². The van der Waals surface area contributed by atoms with Gasteiger partial charge in [0.25, 0.3) is 5.92 Å². The van der Waals surface area contributed by atoms with Gasteiger partial charge in [0.2, 0.25) is 0 Å². The largest absolute Gasteiger partial charge is 0.288 e. The summed E-state index contributed by atoms with van der Waals surface area (Å²) >= 11 is 0. The van der Waals surface area contributed by atoms with E-state index in [1.807, 2.05) is 20.8 Å². The SMILES string of the molecule is Cn1nc(C(C)(F)F)cc1C(C)(C)C. The molecule has 0 aromatic carbocycles. The zero-order valence-electron chi connectivity index (χ0n) is 9.23. The van der Waals surface area contributed by atoms with E-state index in [1.54, 1.807) is 7.05 Å². The average molecular weight is 202 g/mol. The van der Waals surface area contributed by atoms with E-state index in [0.717, 1.165) is 12.6 Å². The van der Waals surface area contributed by atoms with Crippen LogP contribution in [0.25, 0.3) is 0 Å². The Balaban J connectivity index is 3.19.